The minimum atomic E-state index is -3.59. The van der Waals surface area contributed by atoms with Crippen LogP contribution in [0.1, 0.15) is 25.5 Å². The Kier molecular flexibility index (Phi) is 5.63. The van der Waals surface area contributed by atoms with Crippen LogP contribution in [-0.2, 0) is 10.0 Å². The van der Waals surface area contributed by atoms with E-state index in [1.54, 1.807) is 38.3 Å². The van der Waals surface area contributed by atoms with Crippen molar-refractivity contribution >= 4 is 10.0 Å². The first-order valence-electron chi connectivity index (χ1n) is 7.35. The zero-order valence-corrected chi connectivity index (χ0v) is 14.3. The molecule has 0 bridgehead atoms. The molecule has 6 heteroatoms. The molecule has 1 N–H and O–H groups in total. The van der Waals surface area contributed by atoms with E-state index in [0.29, 0.717) is 12.4 Å². The van der Waals surface area contributed by atoms with Gasteiger partial charge in [-0.15, -0.1) is 0 Å². The standard InChI is InChI=1S/C17H21NO4S/c1-4-22-16-9-11-17(12-10-16)23(19,20)18-13(2)14-5-7-15(21-3)8-6-14/h5-13,18H,4H2,1-3H3. The van der Waals surface area contributed by atoms with E-state index in [4.69, 9.17) is 9.47 Å². The van der Waals surface area contributed by atoms with Crippen molar-refractivity contribution in [1.29, 1.82) is 0 Å². The highest BCUT2D eigenvalue weighted by Crippen LogP contribution is 2.21. The molecule has 0 fully saturated rings. The molecule has 23 heavy (non-hydrogen) atoms. The van der Waals surface area contributed by atoms with Crippen molar-refractivity contribution in [3.8, 4) is 11.5 Å². The average Bonchev–Trinajstić information content (AvgIpc) is 2.55. The van der Waals surface area contributed by atoms with E-state index >= 15 is 0 Å². The molecule has 2 rings (SSSR count). The van der Waals surface area contributed by atoms with E-state index in [9.17, 15) is 8.42 Å². The zero-order valence-electron chi connectivity index (χ0n) is 13.4. The van der Waals surface area contributed by atoms with E-state index in [2.05, 4.69) is 4.72 Å². The third kappa shape index (κ3) is 4.46. The monoisotopic (exact) mass is 335 g/mol. The molecule has 1 atom stereocenters. The lowest BCUT2D eigenvalue weighted by Gasteiger charge is -2.15. The van der Waals surface area contributed by atoms with E-state index in [1.807, 2.05) is 19.1 Å². The Balaban J connectivity index is 2.12. The lowest BCUT2D eigenvalue weighted by molar-refractivity contribution is 0.340. The second kappa shape index (κ2) is 7.48. The second-order valence-corrected chi connectivity index (χ2v) is 6.73. The molecule has 2 aromatic rings. The Hall–Kier alpha value is -2.05. The van der Waals surface area contributed by atoms with Gasteiger partial charge in [0.1, 0.15) is 11.5 Å². The van der Waals surface area contributed by atoms with Gasteiger partial charge in [-0.3, -0.25) is 0 Å². The maximum absolute atomic E-state index is 12.4. The minimum Gasteiger partial charge on any atom is -0.497 e. The molecule has 0 aromatic heterocycles. The summed E-state index contributed by atoms with van der Waals surface area (Å²) in [6.07, 6.45) is 0. The lowest BCUT2D eigenvalue weighted by Crippen LogP contribution is -2.26. The molecule has 0 aliphatic rings. The van der Waals surface area contributed by atoms with Gasteiger partial charge in [0.2, 0.25) is 10.0 Å². The molecule has 0 saturated carbocycles. The number of hydrogen-bond donors (Lipinski definition) is 1. The van der Waals surface area contributed by atoms with Crippen LogP contribution in [0.4, 0.5) is 0 Å². The molecule has 5 nitrogen and oxygen atoms in total. The van der Waals surface area contributed by atoms with Crippen LogP contribution in [0.25, 0.3) is 0 Å². The predicted molar refractivity (Wildman–Crippen MR) is 89.3 cm³/mol. The third-order valence-corrected chi connectivity index (χ3v) is 4.95. The SMILES string of the molecule is CCOc1ccc(S(=O)(=O)NC(C)c2ccc(OC)cc2)cc1. The van der Waals surface area contributed by atoms with Crippen molar-refractivity contribution in [2.45, 2.75) is 24.8 Å². The van der Waals surface area contributed by atoms with Gasteiger partial charge in [-0.25, -0.2) is 13.1 Å². The normalized spacial score (nSPS) is 12.7. The lowest BCUT2D eigenvalue weighted by atomic mass is 10.1. The van der Waals surface area contributed by atoms with Crippen LogP contribution in [0, 0.1) is 0 Å². The smallest absolute Gasteiger partial charge is 0.241 e. The summed E-state index contributed by atoms with van der Waals surface area (Å²) < 4.78 is 37.9. The van der Waals surface area contributed by atoms with Crippen molar-refractivity contribution in [3.63, 3.8) is 0 Å². The highest BCUT2D eigenvalue weighted by molar-refractivity contribution is 7.89. The number of ether oxygens (including phenoxy) is 2. The van der Waals surface area contributed by atoms with Gasteiger partial charge in [0.05, 0.1) is 18.6 Å². The summed E-state index contributed by atoms with van der Waals surface area (Å²) in [5, 5.41) is 0. The van der Waals surface area contributed by atoms with Gasteiger partial charge in [-0.2, -0.15) is 0 Å². The summed E-state index contributed by atoms with van der Waals surface area (Å²) in [5.41, 5.74) is 0.861. The number of benzene rings is 2. The van der Waals surface area contributed by atoms with Crippen LogP contribution >= 0.6 is 0 Å². The van der Waals surface area contributed by atoms with Crippen molar-refractivity contribution in [3.05, 3.63) is 54.1 Å². The topological polar surface area (TPSA) is 64.6 Å². The molecule has 0 aliphatic heterocycles. The molecular weight excluding hydrogens is 314 g/mol. The Labute approximate surface area is 137 Å². The third-order valence-electron chi connectivity index (χ3n) is 3.39. The summed E-state index contributed by atoms with van der Waals surface area (Å²) >= 11 is 0. The van der Waals surface area contributed by atoms with Crippen molar-refractivity contribution < 1.29 is 17.9 Å². The number of nitrogens with one attached hydrogen (secondary N) is 1. The fourth-order valence-corrected chi connectivity index (χ4v) is 3.38. The van der Waals surface area contributed by atoms with Crippen LogP contribution in [0.2, 0.25) is 0 Å². The summed E-state index contributed by atoms with van der Waals surface area (Å²) in [4.78, 5) is 0.210. The van der Waals surface area contributed by atoms with Crippen LogP contribution in [-0.4, -0.2) is 22.1 Å². The van der Waals surface area contributed by atoms with Gasteiger partial charge in [0.15, 0.2) is 0 Å². The van der Waals surface area contributed by atoms with Crippen LogP contribution < -0.4 is 14.2 Å². The zero-order chi connectivity index (χ0) is 16.9. The van der Waals surface area contributed by atoms with E-state index in [1.165, 1.54) is 12.1 Å². The second-order valence-electron chi connectivity index (χ2n) is 5.02. The van der Waals surface area contributed by atoms with Crippen molar-refractivity contribution in [2.24, 2.45) is 0 Å². The summed E-state index contributed by atoms with van der Waals surface area (Å²) in [6.45, 7) is 4.22. The van der Waals surface area contributed by atoms with E-state index in [0.717, 1.165) is 11.3 Å². The minimum absolute atomic E-state index is 0.210. The number of hydrogen-bond acceptors (Lipinski definition) is 4. The molecule has 0 aliphatic carbocycles. The number of rotatable bonds is 7. The molecule has 0 amide bonds. The van der Waals surface area contributed by atoms with Gasteiger partial charge < -0.3 is 9.47 Å². The van der Waals surface area contributed by atoms with Gasteiger partial charge in [-0.1, -0.05) is 12.1 Å². The maximum atomic E-state index is 12.4. The average molecular weight is 335 g/mol. The Morgan fingerprint density at radius 2 is 1.57 bits per heavy atom. The van der Waals surface area contributed by atoms with Gasteiger partial charge >= 0.3 is 0 Å². The first-order chi connectivity index (χ1) is 11.0. The summed E-state index contributed by atoms with van der Waals surface area (Å²) in [6, 6.07) is 13.3. The fourth-order valence-electron chi connectivity index (χ4n) is 2.14. The van der Waals surface area contributed by atoms with Gasteiger partial charge in [-0.05, 0) is 55.8 Å². The largest absolute Gasteiger partial charge is 0.497 e. The molecule has 0 radical (unpaired) electrons. The van der Waals surface area contributed by atoms with Gasteiger partial charge in [0.25, 0.3) is 0 Å². The van der Waals surface area contributed by atoms with Crippen molar-refractivity contribution in [1.82, 2.24) is 4.72 Å². The maximum Gasteiger partial charge on any atom is 0.241 e. The Bertz CT molecular complexity index is 724. The summed E-state index contributed by atoms with van der Waals surface area (Å²) in [5.74, 6) is 1.38. The molecule has 0 saturated heterocycles. The molecular formula is C17H21NO4S. The first-order valence-corrected chi connectivity index (χ1v) is 8.83. The Morgan fingerprint density at radius 3 is 2.09 bits per heavy atom. The quantitative estimate of drug-likeness (QED) is 0.844. The van der Waals surface area contributed by atoms with Crippen LogP contribution in [0.3, 0.4) is 0 Å². The van der Waals surface area contributed by atoms with Crippen LogP contribution in [0.15, 0.2) is 53.4 Å². The molecule has 0 spiro atoms. The molecule has 0 heterocycles. The van der Waals surface area contributed by atoms with E-state index in [-0.39, 0.29) is 10.9 Å². The fraction of sp³-hybridized carbons (Fsp3) is 0.294. The van der Waals surface area contributed by atoms with E-state index < -0.39 is 10.0 Å². The molecule has 1 unspecified atom stereocenters. The Morgan fingerprint density at radius 1 is 1.00 bits per heavy atom. The predicted octanol–water partition coefficient (Wildman–Crippen LogP) is 3.13. The summed E-state index contributed by atoms with van der Waals surface area (Å²) in [7, 11) is -2.00. The van der Waals surface area contributed by atoms with Crippen LogP contribution in [0.5, 0.6) is 11.5 Å². The van der Waals surface area contributed by atoms with Crippen molar-refractivity contribution in [2.75, 3.05) is 13.7 Å². The number of methoxy groups -OCH3 is 1. The highest BCUT2D eigenvalue weighted by atomic mass is 32.2. The molecule has 2 aromatic carbocycles. The first kappa shape index (κ1) is 17.3. The highest BCUT2D eigenvalue weighted by Gasteiger charge is 2.18. The molecule has 124 valence electrons. The number of sulfonamides is 1. The van der Waals surface area contributed by atoms with Gasteiger partial charge in [0, 0.05) is 6.04 Å².